The SMILES string of the molecule is COc1ccc(CN=C(NCCCC2CCCC2)NCC(=O)N(C)C)cc1.I. The van der Waals surface area contributed by atoms with Gasteiger partial charge in [0.25, 0.3) is 0 Å². The van der Waals surface area contributed by atoms with Crippen molar-refractivity contribution in [3.05, 3.63) is 29.8 Å². The maximum atomic E-state index is 11.9. The predicted molar refractivity (Wildman–Crippen MR) is 125 cm³/mol. The lowest BCUT2D eigenvalue weighted by Gasteiger charge is -2.15. The number of carbonyl (C=O) groups excluding carboxylic acids is 1. The van der Waals surface area contributed by atoms with Gasteiger partial charge in [-0.05, 0) is 36.5 Å². The molecule has 0 saturated heterocycles. The van der Waals surface area contributed by atoms with Gasteiger partial charge in [0.05, 0.1) is 20.2 Å². The van der Waals surface area contributed by atoms with Crippen LogP contribution < -0.4 is 15.4 Å². The fraction of sp³-hybridized carbons (Fsp3) is 0.619. The number of likely N-dealkylation sites (N-methyl/N-ethyl adjacent to an activating group) is 1. The van der Waals surface area contributed by atoms with E-state index in [1.165, 1.54) is 32.1 Å². The molecular weight excluding hydrogens is 467 g/mol. The van der Waals surface area contributed by atoms with E-state index >= 15 is 0 Å². The van der Waals surface area contributed by atoms with E-state index in [9.17, 15) is 4.79 Å². The summed E-state index contributed by atoms with van der Waals surface area (Å²) in [5.41, 5.74) is 1.10. The number of ether oxygens (including phenoxy) is 1. The summed E-state index contributed by atoms with van der Waals surface area (Å²) in [6.07, 6.45) is 7.95. The van der Waals surface area contributed by atoms with Crippen LogP contribution in [0.5, 0.6) is 5.75 Å². The fourth-order valence-electron chi connectivity index (χ4n) is 3.29. The lowest BCUT2D eigenvalue weighted by molar-refractivity contribution is -0.127. The molecule has 158 valence electrons. The molecular formula is C21H35IN4O2. The normalized spacial score (nSPS) is 14.3. The third-order valence-electron chi connectivity index (χ3n) is 5.04. The van der Waals surface area contributed by atoms with E-state index in [2.05, 4.69) is 15.6 Å². The molecule has 1 saturated carbocycles. The van der Waals surface area contributed by atoms with Crippen LogP contribution in [0, 0.1) is 5.92 Å². The molecule has 0 aliphatic heterocycles. The van der Waals surface area contributed by atoms with Crippen LogP contribution >= 0.6 is 24.0 Å². The predicted octanol–water partition coefficient (Wildman–Crippen LogP) is 3.41. The van der Waals surface area contributed by atoms with Crippen LogP contribution in [0.1, 0.15) is 44.1 Å². The lowest BCUT2D eigenvalue weighted by Crippen LogP contribution is -2.43. The number of amides is 1. The van der Waals surface area contributed by atoms with Crippen molar-refractivity contribution in [3.8, 4) is 5.75 Å². The van der Waals surface area contributed by atoms with Gasteiger partial charge in [-0.3, -0.25) is 4.79 Å². The molecule has 0 spiro atoms. The molecule has 1 aliphatic rings. The van der Waals surface area contributed by atoms with Gasteiger partial charge >= 0.3 is 0 Å². The van der Waals surface area contributed by atoms with Crippen molar-refractivity contribution in [2.45, 2.75) is 45.1 Å². The summed E-state index contributed by atoms with van der Waals surface area (Å²) in [4.78, 5) is 18.1. The highest BCUT2D eigenvalue weighted by Gasteiger charge is 2.14. The van der Waals surface area contributed by atoms with Crippen molar-refractivity contribution < 1.29 is 9.53 Å². The Morgan fingerprint density at radius 3 is 2.46 bits per heavy atom. The Morgan fingerprint density at radius 1 is 1.18 bits per heavy atom. The van der Waals surface area contributed by atoms with Crippen LogP contribution in [-0.4, -0.2) is 51.1 Å². The van der Waals surface area contributed by atoms with Gasteiger partial charge in [-0.15, -0.1) is 24.0 Å². The molecule has 0 heterocycles. The minimum atomic E-state index is 0. The van der Waals surface area contributed by atoms with Gasteiger partial charge in [0.1, 0.15) is 5.75 Å². The number of rotatable bonds is 9. The van der Waals surface area contributed by atoms with E-state index in [1.54, 1.807) is 26.1 Å². The molecule has 1 fully saturated rings. The quantitative estimate of drug-likeness (QED) is 0.235. The van der Waals surface area contributed by atoms with Crippen molar-refractivity contribution in [3.63, 3.8) is 0 Å². The van der Waals surface area contributed by atoms with E-state index in [0.717, 1.165) is 30.2 Å². The number of guanidine groups is 1. The van der Waals surface area contributed by atoms with Gasteiger partial charge in [0, 0.05) is 20.6 Å². The standard InChI is InChI=1S/C21H34N4O2.HI/c1-25(2)20(26)16-24-21(22-14-6-9-17-7-4-5-8-17)23-15-18-10-12-19(27-3)13-11-18;/h10-13,17H,4-9,14-16H2,1-3H3,(H2,22,23,24);1H. The third kappa shape index (κ3) is 9.12. The number of carbonyl (C=O) groups is 1. The smallest absolute Gasteiger partial charge is 0.241 e. The minimum Gasteiger partial charge on any atom is -0.497 e. The average Bonchev–Trinajstić information content (AvgIpc) is 3.20. The summed E-state index contributed by atoms with van der Waals surface area (Å²) in [5, 5.41) is 6.52. The molecule has 7 heteroatoms. The number of hydrogen-bond donors (Lipinski definition) is 2. The average molecular weight is 502 g/mol. The van der Waals surface area contributed by atoms with Crippen molar-refractivity contribution >= 4 is 35.8 Å². The van der Waals surface area contributed by atoms with Crippen LogP contribution in [0.2, 0.25) is 0 Å². The molecule has 6 nitrogen and oxygen atoms in total. The summed E-state index contributed by atoms with van der Waals surface area (Å²) in [5.74, 6) is 2.45. The summed E-state index contributed by atoms with van der Waals surface area (Å²) in [6.45, 7) is 1.67. The van der Waals surface area contributed by atoms with E-state index < -0.39 is 0 Å². The first-order valence-electron chi connectivity index (χ1n) is 9.93. The van der Waals surface area contributed by atoms with Crippen LogP contribution in [0.15, 0.2) is 29.3 Å². The highest BCUT2D eigenvalue weighted by molar-refractivity contribution is 14.0. The Morgan fingerprint density at radius 2 is 1.86 bits per heavy atom. The Bertz CT molecular complexity index is 599. The number of methoxy groups -OCH3 is 1. The number of nitrogens with zero attached hydrogens (tertiary/aromatic N) is 2. The molecule has 1 amide bonds. The zero-order chi connectivity index (χ0) is 19.5. The topological polar surface area (TPSA) is 66.0 Å². The molecule has 28 heavy (non-hydrogen) atoms. The monoisotopic (exact) mass is 502 g/mol. The molecule has 1 aromatic carbocycles. The van der Waals surface area contributed by atoms with Crippen LogP contribution in [0.3, 0.4) is 0 Å². The molecule has 0 unspecified atom stereocenters. The van der Waals surface area contributed by atoms with Gasteiger partial charge < -0.3 is 20.3 Å². The fourth-order valence-corrected chi connectivity index (χ4v) is 3.29. The number of halogens is 1. The second-order valence-electron chi connectivity index (χ2n) is 7.37. The minimum absolute atomic E-state index is 0. The van der Waals surface area contributed by atoms with Crippen LogP contribution in [0.25, 0.3) is 0 Å². The lowest BCUT2D eigenvalue weighted by atomic mass is 10.0. The van der Waals surface area contributed by atoms with Crippen molar-refractivity contribution in [2.75, 3.05) is 34.3 Å². The number of aliphatic imine (C=N–C) groups is 1. The van der Waals surface area contributed by atoms with Gasteiger partial charge in [0.15, 0.2) is 5.96 Å². The zero-order valence-corrected chi connectivity index (χ0v) is 19.7. The summed E-state index contributed by atoms with van der Waals surface area (Å²) >= 11 is 0. The summed E-state index contributed by atoms with van der Waals surface area (Å²) in [6, 6.07) is 7.88. The second kappa shape index (κ2) is 13.6. The Hall–Kier alpha value is -1.51. The first-order valence-corrected chi connectivity index (χ1v) is 9.93. The number of nitrogens with one attached hydrogen (secondary N) is 2. The second-order valence-corrected chi connectivity index (χ2v) is 7.37. The molecule has 2 rings (SSSR count). The van der Waals surface area contributed by atoms with Crippen molar-refractivity contribution in [1.82, 2.24) is 15.5 Å². The largest absolute Gasteiger partial charge is 0.497 e. The maximum Gasteiger partial charge on any atom is 0.241 e. The molecule has 0 bridgehead atoms. The third-order valence-corrected chi connectivity index (χ3v) is 5.04. The highest BCUT2D eigenvalue weighted by Crippen LogP contribution is 2.28. The van der Waals surface area contributed by atoms with Gasteiger partial charge in [0.2, 0.25) is 5.91 Å². The van der Waals surface area contributed by atoms with Gasteiger partial charge in [-0.25, -0.2) is 4.99 Å². The van der Waals surface area contributed by atoms with E-state index in [-0.39, 0.29) is 36.4 Å². The Labute approximate surface area is 186 Å². The Kier molecular flexibility index (Phi) is 11.9. The highest BCUT2D eigenvalue weighted by atomic mass is 127. The van der Waals surface area contributed by atoms with Crippen molar-refractivity contribution in [2.24, 2.45) is 10.9 Å². The van der Waals surface area contributed by atoms with Crippen molar-refractivity contribution in [1.29, 1.82) is 0 Å². The first kappa shape index (κ1) is 24.5. The molecule has 1 aromatic rings. The molecule has 0 aromatic heterocycles. The Balaban J connectivity index is 0.00000392. The van der Waals surface area contributed by atoms with Gasteiger partial charge in [-0.2, -0.15) is 0 Å². The van der Waals surface area contributed by atoms with E-state index in [4.69, 9.17) is 4.74 Å². The van der Waals surface area contributed by atoms with E-state index in [1.807, 2.05) is 24.3 Å². The van der Waals surface area contributed by atoms with Crippen LogP contribution in [-0.2, 0) is 11.3 Å². The number of benzene rings is 1. The molecule has 0 radical (unpaired) electrons. The molecule has 1 aliphatic carbocycles. The number of hydrogen-bond acceptors (Lipinski definition) is 3. The summed E-state index contributed by atoms with van der Waals surface area (Å²) in [7, 11) is 5.17. The zero-order valence-electron chi connectivity index (χ0n) is 17.4. The van der Waals surface area contributed by atoms with Gasteiger partial charge in [-0.1, -0.05) is 37.8 Å². The molecule has 0 atom stereocenters. The summed E-state index contributed by atoms with van der Waals surface area (Å²) < 4.78 is 5.19. The first-order chi connectivity index (χ1) is 13.1. The van der Waals surface area contributed by atoms with Crippen LogP contribution in [0.4, 0.5) is 0 Å². The van der Waals surface area contributed by atoms with E-state index in [0.29, 0.717) is 12.5 Å². The molecule has 2 N–H and O–H groups in total. The maximum absolute atomic E-state index is 11.9.